The number of hydrogen-bond donors (Lipinski definition) is 1. The zero-order valence-electron chi connectivity index (χ0n) is 19.1. The van der Waals surface area contributed by atoms with E-state index in [1.54, 1.807) is 23.1 Å². The monoisotopic (exact) mass is 444 g/mol. The summed E-state index contributed by atoms with van der Waals surface area (Å²) >= 11 is 0. The highest BCUT2D eigenvalue weighted by molar-refractivity contribution is 6.01. The van der Waals surface area contributed by atoms with Crippen LogP contribution in [0.3, 0.4) is 0 Å². The lowest BCUT2D eigenvalue weighted by Gasteiger charge is -2.31. The first-order valence-corrected chi connectivity index (χ1v) is 11.2. The van der Waals surface area contributed by atoms with E-state index in [9.17, 15) is 9.59 Å². The number of nitrogens with one attached hydrogen (secondary N) is 1. The van der Waals surface area contributed by atoms with Gasteiger partial charge in [-0.3, -0.25) is 9.59 Å². The molecule has 0 aromatic heterocycles. The lowest BCUT2D eigenvalue weighted by atomic mass is 9.94. The predicted molar refractivity (Wildman–Crippen MR) is 128 cm³/mol. The van der Waals surface area contributed by atoms with Gasteiger partial charge in [-0.25, -0.2) is 0 Å². The molecule has 0 aliphatic carbocycles. The van der Waals surface area contributed by atoms with Gasteiger partial charge in [0.1, 0.15) is 6.54 Å². The summed E-state index contributed by atoms with van der Waals surface area (Å²) in [6, 6.07) is 20.4. The molecular weight excluding hydrogens is 416 g/mol. The first kappa shape index (κ1) is 22.4. The first-order valence-electron chi connectivity index (χ1n) is 11.2. The third-order valence-electron chi connectivity index (χ3n) is 5.57. The molecule has 1 aliphatic rings. The molecule has 33 heavy (non-hydrogen) atoms. The van der Waals surface area contributed by atoms with Gasteiger partial charge in [0.2, 0.25) is 5.91 Å². The number of fused-ring (bicyclic) bond motifs is 1. The first-order chi connectivity index (χ1) is 16.0. The van der Waals surface area contributed by atoms with Gasteiger partial charge in [-0.05, 0) is 50.6 Å². The number of nitrogens with zero attached hydrogens (tertiary/aromatic N) is 1. The van der Waals surface area contributed by atoms with Gasteiger partial charge in [0.05, 0.1) is 19.3 Å². The van der Waals surface area contributed by atoms with Crippen molar-refractivity contribution in [3.63, 3.8) is 0 Å². The number of rotatable bonds is 6. The van der Waals surface area contributed by atoms with Crippen LogP contribution in [0.1, 0.15) is 46.9 Å². The number of benzene rings is 3. The number of aryl methyl sites for hydroxylation is 1. The van der Waals surface area contributed by atoms with Crippen molar-refractivity contribution in [2.24, 2.45) is 0 Å². The molecule has 2 amide bonds. The van der Waals surface area contributed by atoms with Gasteiger partial charge < -0.3 is 19.7 Å². The molecule has 1 aliphatic heterocycles. The fraction of sp³-hybridized carbons (Fsp3) is 0.259. The highest BCUT2D eigenvalue weighted by Crippen LogP contribution is 2.38. The Morgan fingerprint density at radius 3 is 2.42 bits per heavy atom. The largest absolute Gasteiger partial charge is 0.490 e. The molecule has 0 bridgehead atoms. The smallest absolute Gasteiger partial charge is 0.255 e. The summed E-state index contributed by atoms with van der Waals surface area (Å²) in [6.07, 6.45) is 0. The molecule has 0 saturated heterocycles. The number of carbonyl (C=O) groups is 2. The number of hydrogen-bond acceptors (Lipinski definition) is 4. The zero-order valence-corrected chi connectivity index (χ0v) is 19.1. The molecular formula is C27H28N2O4. The number of amides is 2. The number of ether oxygens (including phenoxy) is 2. The van der Waals surface area contributed by atoms with Gasteiger partial charge in [-0.15, -0.1) is 0 Å². The molecule has 3 aromatic carbocycles. The maximum Gasteiger partial charge on any atom is 0.255 e. The Labute approximate surface area is 194 Å². The molecule has 0 radical (unpaired) electrons. The molecule has 0 spiro atoms. The summed E-state index contributed by atoms with van der Waals surface area (Å²) in [5.41, 5.74) is 4.03. The van der Waals surface area contributed by atoms with E-state index in [0.29, 0.717) is 30.3 Å². The Morgan fingerprint density at radius 1 is 0.970 bits per heavy atom. The van der Waals surface area contributed by atoms with Crippen LogP contribution in [0.15, 0.2) is 66.7 Å². The SMILES string of the molecule is CCOc1ccc(C(=O)N2CC(=O)Nc3ccc(C)cc3[C@@H]2c2ccccc2)cc1OCC. The lowest BCUT2D eigenvalue weighted by Crippen LogP contribution is -2.39. The van der Waals surface area contributed by atoms with Crippen LogP contribution in [0.2, 0.25) is 0 Å². The minimum absolute atomic E-state index is 0.0662. The van der Waals surface area contributed by atoms with Gasteiger partial charge in [-0.1, -0.05) is 48.0 Å². The van der Waals surface area contributed by atoms with E-state index in [1.807, 2.05) is 69.3 Å². The van der Waals surface area contributed by atoms with E-state index in [1.165, 1.54) is 0 Å². The summed E-state index contributed by atoms with van der Waals surface area (Å²) in [7, 11) is 0. The Hall–Kier alpha value is -3.80. The van der Waals surface area contributed by atoms with E-state index >= 15 is 0 Å². The predicted octanol–water partition coefficient (Wildman–Crippen LogP) is 4.98. The minimum atomic E-state index is -0.422. The lowest BCUT2D eigenvalue weighted by molar-refractivity contribution is -0.117. The Balaban J connectivity index is 1.82. The van der Waals surface area contributed by atoms with Crippen LogP contribution in [0.5, 0.6) is 11.5 Å². The zero-order chi connectivity index (χ0) is 23.4. The minimum Gasteiger partial charge on any atom is -0.490 e. The van der Waals surface area contributed by atoms with Crippen LogP contribution in [0, 0.1) is 6.92 Å². The van der Waals surface area contributed by atoms with Gasteiger partial charge in [0.15, 0.2) is 11.5 Å². The third kappa shape index (κ3) is 4.70. The van der Waals surface area contributed by atoms with E-state index in [4.69, 9.17) is 9.47 Å². The molecule has 0 fully saturated rings. The van der Waals surface area contributed by atoms with Crippen molar-refractivity contribution < 1.29 is 19.1 Å². The summed E-state index contributed by atoms with van der Waals surface area (Å²) in [5.74, 6) is 0.613. The Morgan fingerprint density at radius 2 is 1.70 bits per heavy atom. The second-order valence-corrected chi connectivity index (χ2v) is 7.91. The van der Waals surface area contributed by atoms with E-state index in [2.05, 4.69) is 5.32 Å². The average molecular weight is 445 g/mol. The highest BCUT2D eigenvalue weighted by Gasteiger charge is 2.34. The van der Waals surface area contributed by atoms with Gasteiger partial charge in [0.25, 0.3) is 5.91 Å². The van der Waals surface area contributed by atoms with Crippen molar-refractivity contribution in [2.45, 2.75) is 26.8 Å². The van der Waals surface area contributed by atoms with Crippen LogP contribution in [0.4, 0.5) is 5.69 Å². The molecule has 1 N–H and O–H groups in total. The summed E-state index contributed by atoms with van der Waals surface area (Å²) in [6.45, 7) is 6.66. The normalized spacial score (nSPS) is 15.3. The third-order valence-corrected chi connectivity index (χ3v) is 5.57. The fourth-order valence-electron chi connectivity index (χ4n) is 4.16. The van der Waals surface area contributed by atoms with E-state index in [0.717, 1.165) is 22.4 Å². The summed E-state index contributed by atoms with van der Waals surface area (Å²) in [5, 5.41) is 2.97. The quantitative estimate of drug-likeness (QED) is 0.583. The number of anilines is 1. The topological polar surface area (TPSA) is 67.9 Å². The molecule has 0 unspecified atom stereocenters. The second-order valence-electron chi connectivity index (χ2n) is 7.91. The van der Waals surface area contributed by atoms with Crippen molar-refractivity contribution in [3.8, 4) is 11.5 Å². The van der Waals surface area contributed by atoms with E-state index < -0.39 is 6.04 Å². The number of carbonyl (C=O) groups excluding carboxylic acids is 2. The highest BCUT2D eigenvalue weighted by atomic mass is 16.5. The molecule has 4 rings (SSSR count). The second kappa shape index (κ2) is 9.77. The van der Waals surface area contributed by atoms with Crippen molar-refractivity contribution in [1.29, 1.82) is 0 Å². The summed E-state index contributed by atoms with van der Waals surface area (Å²) < 4.78 is 11.4. The van der Waals surface area contributed by atoms with Crippen LogP contribution in [-0.4, -0.2) is 36.5 Å². The average Bonchev–Trinajstić information content (AvgIpc) is 2.96. The van der Waals surface area contributed by atoms with Crippen molar-refractivity contribution in [3.05, 3.63) is 89.0 Å². The van der Waals surface area contributed by atoms with Gasteiger partial charge in [-0.2, -0.15) is 0 Å². The van der Waals surface area contributed by atoms with Crippen molar-refractivity contribution >= 4 is 17.5 Å². The molecule has 1 atom stereocenters. The van der Waals surface area contributed by atoms with Crippen LogP contribution < -0.4 is 14.8 Å². The molecule has 6 nitrogen and oxygen atoms in total. The summed E-state index contributed by atoms with van der Waals surface area (Å²) in [4.78, 5) is 28.3. The molecule has 0 saturated carbocycles. The molecule has 170 valence electrons. The molecule has 1 heterocycles. The Kier molecular flexibility index (Phi) is 6.63. The van der Waals surface area contributed by atoms with Crippen LogP contribution in [0.25, 0.3) is 0 Å². The van der Waals surface area contributed by atoms with Gasteiger partial charge in [0, 0.05) is 16.8 Å². The van der Waals surface area contributed by atoms with Crippen LogP contribution in [-0.2, 0) is 4.79 Å². The van der Waals surface area contributed by atoms with Crippen molar-refractivity contribution in [2.75, 3.05) is 25.1 Å². The van der Waals surface area contributed by atoms with Gasteiger partial charge >= 0.3 is 0 Å². The Bertz CT molecular complexity index is 1160. The maximum absolute atomic E-state index is 13.9. The molecule has 3 aromatic rings. The van der Waals surface area contributed by atoms with E-state index in [-0.39, 0.29) is 18.4 Å². The fourth-order valence-corrected chi connectivity index (χ4v) is 4.16. The maximum atomic E-state index is 13.9. The molecule has 6 heteroatoms. The standard InChI is InChI=1S/C27H28N2O4/c1-4-32-23-14-12-20(16-24(23)33-5-2)27(31)29-17-25(30)28-22-13-11-18(3)15-21(22)26(29)19-9-7-6-8-10-19/h6-16,26H,4-5,17H2,1-3H3,(H,28,30)/t26-/m0/s1. The van der Waals surface area contributed by atoms with Crippen molar-refractivity contribution in [1.82, 2.24) is 4.90 Å². The van der Waals surface area contributed by atoms with Crippen LogP contribution >= 0.6 is 0 Å².